The minimum absolute atomic E-state index is 0.00271. The molecule has 3 aromatic rings. The zero-order chi connectivity index (χ0) is 58.8. The number of amides is 2. The molecule has 4 aliphatic rings. The maximum absolute atomic E-state index is 14.8. The Morgan fingerprint density at radius 3 is 1.85 bits per heavy atom. The normalized spacial score (nSPS) is 23.8. The van der Waals surface area contributed by atoms with Gasteiger partial charge in [0.25, 0.3) is 0 Å². The average Bonchev–Trinajstić information content (AvgIpc) is 3.86. The van der Waals surface area contributed by atoms with E-state index >= 15 is 0 Å². The quantitative estimate of drug-likeness (QED) is 0.0477. The fraction of sp³-hybridized carbons (Fsp3) is 0.600. The second-order valence-electron chi connectivity index (χ2n) is 25.3. The van der Waals surface area contributed by atoms with E-state index in [4.69, 9.17) is 26.8 Å². The van der Waals surface area contributed by atoms with E-state index in [0.29, 0.717) is 108 Å². The third kappa shape index (κ3) is 17.8. The Kier molecular flexibility index (Phi) is 21.7. The van der Waals surface area contributed by atoms with Gasteiger partial charge in [-0.25, -0.2) is 14.6 Å². The fourth-order valence-corrected chi connectivity index (χ4v) is 12.8. The predicted octanol–water partition coefficient (Wildman–Crippen LogP) is 13.0. The molecule has 3 aromatic heterocycles. The van der Waals surface area contributed by atoms with Gasteiger partial charge >= 0.3 is 11.9 Å². The van der Waals surface area contributed by atoms with E-state index in [9.17, 15) is 29.4 Å². The highest BCUT2D eigenvalue weighted by atomic mass is 32.1. The molecule has 0 unspecified atom stereocenters. The first kappa shape index (κ1) is 62.8. The number of ether oxygens (including phenoxy) is 3. The first-order chi connectivity index (χ1) is 38.3. The van der Waals surface area contributed by atoms with Gasteiger partial charge in [0.1, 0.15) is 17.1 Å². The van der Waals surface area contributed by atoms with Gasteiger partial charge in [-0.05, 0) is 206 Å². The summed E-state index contributed by atoms with van der Waals surface area (Å²) in [7, 11) is 5.61. The van der Waals surface area contributed by atoms with Gasteiger partial charge in [-0.15, -0.1) is 24.0 Å². The molecule has 2 amide bonds. The van der Waals surface area contributed by atoms with Crippen LogP contribution in [-0.2, 0) is 27.3 Å². The number of nitrogens with zero attached hydrogens (tertiary/aromatic N) is 5. The molecule has 81 heavy (non-hydrogen) atoms. The number of rotatable bonds is 18. The molecule has 0 saturated heterocycles. The smallest absolute Gasteiger partial charge is 0.348 e. The van der Waals surface area contributed by atoms with Crippen LogP contribution in [0.2, 0.25) is 0 Å². The van der Waals surface area contributed by atoms with E-state index < -0.39 is 17.4 Å². The molecular weight excluding hydrogens is 1060 g/mol. The molecular formula is C65H87N5O9S2. The molecule has 3 heterocycles. The van der Waals surface area contributed by atoms with Gasteiger partial charge in [-0.1, -0.05) is 37.5 Å². The van der Waals surface area contributed by atoms with Gasteiger partial charge in [0.05, 0.1) is 33.8 Å². The summed E-state index contributed by atoms with van der Waals surface area (Å²) in [5.41, 5.74) is 1.90. The number of thiophene rings is 1. The minimum atomic E-state index is -1.12. The van der Waals surface area contributed by atoms with Crippen LogP contribution in [0.4, 0.5) is 5.69 Å². The number of anilines is 1. The molecule has 4 saturated carbocycles. The number of methoxy groups -OCH3 is 1. The molecule has 0 spiro atoms. The van der Waals surface area contributed by atoms with Gasteiger partial charge in [0.15, 0.2) is 0 Å². The van der Waals surface area contributed by atoms with Crippen LogP contribution in [0.25, 0.3) is 0 Å². The number of carbonyl (C=O) groups is 4. The van der Waals surface area contributed by atoms with Crippen LogP contribution in [0, 0.1) is 58.2 Å². The zero-order valence-corrected chi connectivity index (χ0v) is 51.4. The largest absolute Gasteiger partial charge is 0.481 e. The van der Waals surface area contributed by atoms with E-state index in [1.165, 1.54) is 0 Å². The van der Waals surface area contributed by atoms with Crippen LogP contribution in [0.3, 0.4) is 0 Å². The molecule has 4 fully saturated rings. The molecule has 438 valence electrons. The Bertz CT molecular complexity index is 2900. The maximum Gasteiger partial charge on any atom is 0.348 e. The van der Waals surface area contributed by atoms with Crippen molar-refractivity contribution in [1.29, 1.82) is 0 Å². The number of aromatic nitrogens is 2. The van der Waals surface area contributed by atoms with Crippen LogP contribution in [-0.4, -0.2) is 99.2 Å². The summed E-state index contributed by atoms with van der Waals surface area (Å²) in [4.78, 5) is 71.1. The molecule has 4 aliphatic carbocycles. The molecule has 0 aromatic carbocycles. The number of pyridine rings is 2. The number of hydrogen-bond acceptors (Lipinski definition) is 12. The molecule has 0 radical (unpaired) electrons. The molecule has 2 N–H and O–H groups in total. The van der Waals surface area contributed by atoms with Crippen LogP contribution < -0.4 is 19.1 Å². The zero-order valence-electron chi connectivity index (χ0n) is 49.7. The maximum atomic E-state index is 14.8. The second-order valence-corrected chi connectivity index (χ2v) is 26.8. The number of carboxylic acids is 2. The second kappa shape index (κ2) is 28.0. The average molecular weight is 1150 g/mol. The summed E-state index contributed by atoms with van der Waals surface area (Å²) in [5, 5.41) is 21.0. The van der Waals surface area contributed by atoms with Gasteiger partial charge in [-0.3, -0.25) is 9.59 Å². The van der Waals surface area contributed by atoms with Crippen molar-refractivity contribution in [2.24, 2.45) is 34.5 Å². The Labute approximate surface area is 491 Å². The Morgan fingerprint density at radius 2 is 1.30 bits per heavy atom. The Hall–Kier alpha value is -5.81. The number of thiol groups is 1. The molecule has 16 heteroatoms. The number of aromatic carboxylic acids is 1. The topological polar surface area (TPSA) is 172 Å². The first-order valence-electron chi connectivity index (χ1n) is 29.3. The van der Waals surface area contributed by atoms with Crippen molar-refractivity contribution < 1.29 is 43.6 Å². The lowest BCUT2D eigenvalue weighted by Crippen LogP contribution is -2.47. The van der Waals surface area contributed by atoms with Gasteiger partial charge in [0, 0.05) is 65.7 Å². The van der Waals surface area contributed by atoms with Crippen LogP contribution >= 0.6 is 24.0 Å². The Morgan fingerprint density at radius 1 is 0.741 bits per heavy atom. The molecule has 14 nitrogen and oxygen atoms in total. The lowest BCUT2D eigenvalue weighted by Gasteiger charge is -2.40. The monoisotopic (exact) mass is 1150 g/mol. The number of allylic oxidation sites excluding steroid dienone is 2. The number of aliphatic carboxylic acids is 1. The Balaban J connectivity index is 1.07. The summed E-state index contributed by atoms with van der Waals surface area (Å²) in [5.74, 6) is 12.9. The molecule has 0 atom stereocenters. The van der Waals surface area contributed by atoms with E-state index in [2.05, 4.69) is 52.4 Å². The van der Waals surface area contributed by atoms with Gasteiger partial charge < -0.3 is 39.1 Å². The lowest BCUT2D eigenvalue weighted by atomic mass is 9.81. The molecule has 0 aliphatic heterocycles. The van der Waals surface area contributed by atoms with E-state index in [1.807, 2.05) is 77.9 Å². The van der Waals surface area contributed by atoms with Crippen LogP contribution in [0.15, 0.2) is 58.8 Å². The van der Waals surface area contributed by atoms with E-state index in [1.54, 1.807) is 37.3 Å². The van der Waals surface area contributed by atoms with Crippen molar-refractivity contribution >= 4 is 53.4 Å². The highest BCUT2D eigenvalue weighted by Gasteiger charge is 2.40. The molecule has 0 bridgehead atoms. The van der Waals surface area contributed by atoms with Crippen molar-refractivity contribution in [3.63, 3.8) is 0 Å². The number of hydrogen-bond donors (Lipinski definition) is 3. The van der Waals surface area contributed by atoms with Crippen LogP contribution in [0.5, 0.6) is 17.6 Å². The summed E-state index contributed by atoms with van der Waals surface area (Å²) >= 11 is 5.99. The van der Waals surface area contributed by atoms with E-state index in [-0.39, 0.29) is 63.8 Å². The fourth-order valence-electron chi connectivity index (χ4n) is 11.8. The third-order valence-corrected chi connectivity index (χ3v) is 17.6. The number of carboxylic acid groups (broad SMARTS) is 2. The standard InChI is InChI=1S/C65H87N5O9S2/c1-41-12-16-46(17-13-41)60(71)69(48-20-24-50(25-21-48)78-56-34-44(30-33-66-56)40-68(9)10)54(43(3)62(73)74)37-52(80)28-32-65(7,8)39-45-35-57(77-11)67-58(36-45)79-51-26-22-49(23-27-51)70(61(72)47-18-14-42(2)15-19-47)55-38-53(29-31-64(4,5)6)81-59(55)63(75)76/h30,33-38,41-42,46-51,80H,12-27,39-40H2,1-11H3,(H,73,74)(H,75,76)/b52-37-,54-43-. The highest BCUT2D eigenvalue weighted by molar-refractivity contribution is 7.84. The van der Waals surface area contributed by atoms with Crippen molar-refractivity contribution in [3.8, 4) is 41.3 Å². The van der Waals surface area contributed by atoms with Crippen molar-refractivity contribution in [2.75, 3.05) is 26.1 Å². The van der Waals surface area contributed by atoms with Crippen molar-refractivity contribution in [3.05, 3.63) is 79.7 Å². The van der Waals surface area contributed by atoms with Crippen molar-refractivity contribution in [2.45, 2.75) is 195 Å². The first-order valence-corrected chi connectivity index (χ1v) is 30.5. The van der Waals surface area contributed by atoms with E-state index in [0.717, 1.165) is 80.4 Å². The van der Waals surface area contributed by atoms with Crippen molar-refractivity contribution in [1.82, 2.24) is 19.8 Å². The summed E-state index contributed by atoms with van der Waals surface area (Å²) in [6, 6.07) is 9.08. The molecule has 7 rings (SSSR count). The summed E-state index contributed by atoms with van der Waals surface area (Å²) < 4.78 is 18.7. The summed E-state index contributed by atoms with van der Waals surface area (Å²) in [6.07, 6.45) is 15.6. The summed E-state index contributed by atoms with van der Waals surface area (Å²) in [6.45, 7) is 16.8. The minimum Gasteiger partial charge on any atom is -0.481 e. The highest BCUT2D eigenvalue weighted by Crippen LogP contribution is 2.41. The third-order valence-electron chi connectivity index (χ3n) is 16.3. The lowest BCUT2D eigenvalue weighted by molar-refractivity contribution is -0.137. The van der Waals surface area contributed by atoms with Crippen LogP contribution in [0.1, 0.15) is 184 Å². The predicted molar refractivity (Wildman–Crippen MR) is 323 cm³/mol. The SMILES string of the molecule is COc1cc(CC(C)(C)C#C/C(S)=C/C(=C(\C)C(=O)O)N(C(=O)C2CCC(C)CC2)C2CCC(Oc3cc(CN(C)C)ccn3)CC2)cc(OC2CCC(N(C(=O)C3CCC(C)CC3)c3cc(C#CC(C)(C)C)sc3C(=O)O)CC2)n1. The van der Waals surface area contributed by atoms with Gasteiger partial charge in [-0.2, -0.15) is 4.98 Å². The number of carbonyl (C=O) groups excluding carboxylic acids is 2. The van der Waals surface area contributed by atoms with Gasteiger partial charge in [0.2, 0.25) is 29.5 Å².